The summed E-state index contributed by atoms with van der Waals surface area (Å²) in [5.41, 5.74) is 0.479. The number of amides is 2. The van der Waals surface area contributed by atoms with Crippen LogP contribution in [0.4, 0.5) is 0 Å². The van der Waals surface area contributed by atoms with Crippen molar-refractivity contribution in [2.75, 3.05) is 26.8 Å². The first-order chi connectivity index (χ1) is 9.54. The fourth-order valence-corrected chi connectivity index (χ4v) is 2.92. The fraction of sp³-hybridized carbons (Fsp3) is 0.385. The van der Waals surface area contributed by atoms with E-state index in [-0.39, 0.29) is 18.4 Å². The molecule has 2 rings (SSSR count). The number of morpholine rings is 1. The Balaban J connectivity index is 2.27. The van der Waals surface area contributed by atoms with E-state index in [9.17, 15) is 9.59 Å². The molecule has 1 unspecified atom stereocenters. The van der Waals surface area contributed by atoms with Crippen LogP contribution in [-0.2, 0) is 9.53 Å². The van der Waals surface area contributed by atoms with E-state index >= 15 is 0 Å². The third kappa shape index (κ3) is 3.16. The van der Waals surface area contributed by atoms with E-state index in [4.69, 9.17) is 4.74 Å². The topological polar surface area (TPSA) is 58.6 Å². The minimum Gasteiger partial charge on any atom is -0.377 e. The second kappa shape index (κ2) is 6.60. The highest BCUT2D eigenvalue weighted by atomic mass is 79.9. The highest BCUT2D eigenvalue weighted by Gasteiger charge is 2.33. The summed E-state index contributed by atoms with van der Waals surface area (Å²) < 4.78 is 6.14. The Morgan fingerprint density at radius 2 is 2.25 bits per heavy atom. The van der Waals surface area contributed by atoms with Crippen molar-refractivity contribution in [3.63, 3.8) is 0 Å². The van der Waals surface area contributed by atoms with Gasteiger partial charge in [-0.25, -0.2) is 0 Å². The van der Waals surface area contributed by atoms with Crippen molar-refractivity contribution in [1.82, 2.24) is 10.2 Å². The number of carbonyl (C=O) groups is 2. The minimum atomic E-state index is -0.599. The summed E-state index contributed by atoms with van der Waals surface area (Å²) in [6.07, 6.45) is 0. The van der Waals surface area contributed by atoms with Crippen LogP contribution in [0.2, 0.25) is 0 Å². The molecule has 2 amide bonds. The highest BCUT2D eigenvalue weighted by Crippen LogP contribution is 2.22. The van der Waals surface area contributed by atoms with E-state index in [1.807, 2.05) is 0 Å². The van der Waals surface area contributed by atoms with Crippen LogP contribution in [0.1, 0.15) is 10.4 Å². The molecule has 0 spiro atoms. The van der Waals surface area contributed by atoms with E-state index in [2.05, 4.69) is 33.9 Å². The van der Waals surface area contributed by atoms with Gasteiger partial charge in [-0.3, -0.25) is 9.59 Å². The zero-order valence-corrected chi connectivity index (χ0v) is 13.4. The van der Waals surface area contributed by atoms with Crippen LogP contribution in [0, 0.1) is 0 Å². The molecule has 108 valence electrons. The number of rotatable bonds is 2. The largest absolute Gasteiger partial charge is 0.377 e. The van der Waals surface area contributed by atoms with E-state index in [0.717, 1.165) is 4.47 Å². The summed E-state index contributed by atoms with van der Waals surface area (Å²) in [6.45, 7) is 1.03. The Morgan fingerprint density at radius 1 is 1.50 bits per heavy atom. The van der Waals surface area contributed by atoms with E-state index in [0.29, 0.717) is 23.6 Å². The molecule has 1 heterocycles. The summed E-state index contributed by atoms with van der Waals surface area (Å²) in [6, 6.07) is 4.64. The van der Waals surface area contributed by atoms with Gasteiger partial charge >= 0.3 is 0 Å². The van der Waals surface area contributed by atoms with Gasteiger partial charge in [-0.2, -0.15) is 0 Å². The van der Waals surface area contributed by atoms with Crippen molar-refractivity contribution in [1.29, 1.82) is 0 Å². The van der Waals surface area contributed by atoms with Gasteiger partial charge < -0.3 is 15.0 Å². The lowest BCUT2D eigenvalue weighted by Gasteiger charge is -2.34. The Kier molecular flexibility index (Phi) is 5.06. The molecule has 7 heteroatoms. The second-order valence-electron chi connectivity index (χ2n) is 4.36. The van der Waals surface area contributed by atoms with E-state index in [1.54, 1.807) is 25.2 Å². The van der Waals surface area contributed by atoms with Crippen molar-refractivity contribution in [2.45, 2.75) is 10.9 Å². The molecular formula is C13H15BrN2O3S. The first-order valence-electron chi connectivity index (χ1n) is 6.13. The van der Waals surface area contributed by atoms with Crippen molar-refractivity contribution in [3.8, 4) is 0 Å². The third-order valence-corrected chi connectivity index (χ3v) is 3.99. The molecule has 1 fully saturated rings. The number of nitrogens with one attached hydrogen (secondary N) is 1. The third-order valence-electron chi connectivity index (χ3n) is 3.13. The van der Waals surface area contributed by atoms with Crippen LogP contribution < -0.4 is 5.32 Å². The van der Waals surface area contributed by atoms with Crippen LogP contribution in [-0.4, -0.2) is 49.6 Å². The SMILES string of the molecule is CNC(=O)C1COCCN1C(=O)c1ccc(Br)cc1S. The number of hydrogen-bond acceptors (Lipinski definition) is 4. The molecule has 20 heavy (non-hydrogen) atoms. The molecule has 1 atom stereocenters. The van der Waals surface area contributed by atoms with Gasteiger partial charge in [0.25, 0.3) is 5.91 Å². The van der Waals surface area contributed by atoms with Crippen molar-refractivity contribution < 1.29 is 14.3 Å². The number of ether oxygens (including phenoxy) is 1. The quantitative estimate of drug-likeness (QED) is 0.784. The van der Waals surface area contributed by atoms with E-state index < -0.39 is 6.04 Å². The molecule has 0 saturated carbocycles. The zero-order chi connectivity index (χ0) is 14.7. The molecule has 0 aliphatic carbocycles. The number of benzene rings is 1. The summed E-state index contributed by atoms with van der Waals surface area (Å²) in [5, 5.41) is 2.56. The molecule has 1 aromatic carbocycles. The molecule has 0 bridgehead atoms. The monoisotopic (exact) mass is 358 g/mol. The lowest BCUT2D eigenvalue weighted by Crippen LogP contribution is -2.55. The highest BCUT2D eigenvalue weighted by molar-refractivity contribution is 9.10. The normalized spacial score (nSPS) is 18.8. The molecule has 1 N–H and O–H groups in total. The molecular weight excluding hydrogens is 344 g/mol. The van der Waals surface area contributed by atoms with E-state index in [1.165, 1.54) is 4.90 Å². The average molecular weight is 359 g/mol. The maximum atomic E-state index is 12.6. The molecule has 5 nitrogen and oxygen atoms in total. The number of hydrogen-bond donors (Lipinski definition) is 2. The first kappa shape index (κ1) is 15.3. The first-order valence-corrected chi connectivity index (χ1v) is 7.37. The van der Waals surface area contributed by atoms with Crippen molar-refractivity contribution in [2.24, 2.45) is 0 Å². The Bertz CT molecular complexity index is 538. The maximum Gasteiger partial charge on any atom is 0.255 e. The predicted molar refractivity (Wildman–Crippen MR) is 81.1 cm³/mol. The van der Waals surface area contributed by atoms with Gasteiger partial charge in [0.2, 0.25) is 5.91 Å². The van der Waals surface area contributed by atoms with Gasteiger partial charge in [0.15, 0.2) is 0 Å². The predicted octanol–water partition coefficient (Wildman–Crippen LogP) is 1.32. The number of halogens is 1. The smallest absolute Gasteiger partial charge is 0.255 e. The van der Waals surface area contributed by atoms with Gasteiger partial charge in [0, 0.05) is 23.0 Å². The van der Waals surface area contributed by atoms with Gasteiger partial charge in [-0.1, -0.05) is 15.9 Å². The maximum absolute atomic E-state index is 12.6. The lowest BCUT2D eigenvalue weighted by atomic mass is 10.1. The molecule has 0 aromatic heterocycles. The Hall–Kier alpha value is -1.05. The molecule has 1 saturated heterocycles. The summed E-state index contributed by atoms with van der Waals surface area (Å²) in [7, 11) is 1.54. The lowest BCUT2D eigenvalue weighted by molar-refractivity contribution is -0.130. The molecule has 1 aliphatic rings. The van der Waals surface area contributed by atoms with Gasteiger partial charge in [0.05, 0.1) is 18.8 Å². The summed E-state index contributed by atoms with van der Waals surface area (Å²) in [5.74, 6) is -0.435. The van der Waals surface area contributed by atoms with Crippen LogP contribution >= 0.6 is 28.6 Å². The van der Waals surface area contributed by atoms with Crippen molar-refractivity contribution in [3.05, 3.63) is 28.2 Å². The van der Waals surface area contributed by atoms with Crippen molar-refractivity contribution >= 4 is 40.4 Å². The summed E-state index contributed by atoms with van der Waals surface area (Å²) in [4.78, 5) is 26.5. The van der Waals surface area contributed by atoms with Crippen LogP contribution in [0.25, 0.3) is 0 Å². The van der Waals surface area contributed by atoms with Crippen LogP contribution in [0.15, 0.2) is 27.6 Å². The Labute approximate surface area is 131 Å². The van der Waals surface area contributed by atoms with Gasteiger partial charge in [-0.05, 0) is 18.2 Å². The number of likely N-dealkylation sites (N-methyl/N-ethyl adjacent to an activating group) is 1. The standard InChI is InChI=1S/C13H15BrN2O3S/c1-15-12(17)10-7-19-5-4-16(10)13(18)9-3-2-8(14)6-11(9)20/h2-3,6,10,20H,4-5,7H2,1H3,(H,15,17). The molecule has 1 aliphatic heterocycles. The average Bonchev–Trinajstić information content (AvgIpc) is 2.46. The number of carbonyl (C=O) groups excluding carboxylic acids is 2. The molecule has 0 radical (unpaired) electrons. The van der Waals surface area contributed by atoms with Crippen LogP contribution in [0.5, 0.6) is 0 Å². The number of thiol groups is 1. The molecule has 1 aromatic rings. The minimum absolute atomic E-state index is 0.209. The Morgan fingerprint density at radius 3 is 2.90 bits per heavy atom. The van der Waals surface area contributed by atoms with Crippen LogP contribution in [0.3, 0.4) is 0 Å². The van der Waals surface area contributed by atoms with Gasteiger partial charge in [0.1, 0.15) is 6.04 Å². The van der Waals surface area contributed by atoms with Gasteiger partial charge in [-0.15, -0.1) is 12.6 Å². The fourth-order valence-electron chi connectivity index (χ4n) is 2.07. The number of nitrogens with zero attached hydrogens (tertiary/aromatic N) is 1. The summed E-state index contributed by atoms with van der Waals surface area (Å²) >= 11 is 7.65. The zero-order valence-electron chi connectivity index (χ0n) is 10.9. The second-order valence-corrected chi connectivity index (χ2v) is 5.76.